The van der Waals surface area contributed by atoms with E-state index in [0.717, 1.165) is 5.56 Å². The van der Waals surface area contributed by atoms with E-state index in [4.69, 9.17) is 18.9 Å². The van der Waals surface area contributed by atoms with Crippen LogP contribution in [0.3, 0.4) is 0 Å². The summed E-state index contributed by atoms with van der Waals surface area (Å²) in [6, 6.07) is 9.23. The van der Waals surface area contributed by atoms with Crippen LogP contribution in [0, 0.1) is 0 Å². The van der Waals surface area contributed by atoms with Gasteiger partial charge in [0.15, 0.2) is 5.79 Å². The van der Waals surface area contributed by atoms with E-state index in [1.54, 1.807) is 13.8 Å². The van der Waals surface area contributed by atoms with E-state index in [0.29, 0.717) is 6.61 Å². The molecule has 1 aliphatic rings. The number of nitrogens with one attached hydrogen (secondary N) is 1. The van der Waals surface area contributed by atoms with Crippen LogP contribution >= 0.6 is 0 Å². The lowest BCUT2D eigenvalue weighted by Gasteiger charge is -2.22. The number of esters is 1. The number of rotatable bonds is 7. The highest BCUT2D eigenvalue weighted by Crippen LogP contribution is 2.25. The van der Waals surface area contributed by atoms with Crippen molar-refractivity contribution in [1.82, 2.24) is 5.32 Å². The molecule has 1 N–H and O–H groups in total. The van der Waals surface area contributed by atoms with Crippen molar-refractivity contribution >= 4 is 12.1 Å². The van der Waals surface area contributed by atoms with Gasteiger partial charge in [-0.3, -0.25) is 4.79 Å². The Morgan fingerprint density at radius 3 is 2.72 bits per heavy atom. The lowest BCUT2D eigenvalue weighted by Crippen LogP contribution is -2.37. The smallest absolute Gasteiger partial charge is 0.407 e. The topological polar surface area (TPSA) is 83.1 Å². The minimum Gasteiger partial charge on any atom is -0.454 e. The van der Waals surface area contributed by atoms with Gasteiger partial charge in [0.05, 0.1) is 6.61 Å². The van der Waals surface area contributed by atoms with Crippen molar-refractivity contribution in [3.63, 3.8) is 0 Å². The molecule has 0 spiro atoms. The Morgan fingerprint density at radius 1 is 1.40 bits per heavy atom. The number of alkyl carbamates (subject to hydrolysis) is 1. The second-order valence-corrected chi connectivity index (χ2v) is 5.97. The van der Waals surface area contributed by atoms with Crippen LogP contribution in [0.15, 0.2) is 43.0 Å². The fraction of sp³-hybridized carbons (Fsp3) is 0.444. The Kier molecular flexibility index (Phi) is 6.55. The molecule has 7 nitrogen and oxygen atoms in total. The molecule has 1 heterocycles. The zero-order chi connectivity index (χ0) is 18.3. The van der Waals surface area contributed by atoms with Crippen LogP contribution < -0.4 is 5.32 Å². The van der Waals surface area contributed by atoms with Crippen LogP contribution in [0.5, 0.6) is 0 Å². The minimum atomic E-state index is -0.724. The summed E-state index contributed by atoms with van der Waals surface area (Å²) in [7, 11) is 0. The summed E-state index contributed by atoms with van der Waals surface area (Å²) in [5.74, 6) is -1.34. The van der Waals surface area contributed by atoms with Crippen molar-refractivity contribution in [1.29, 1.82) is 0 Å². The van der Waals surface area contributed by atoms with Crippen molar-refractivity contribution in [3.05, 3.63) is 48.6 Å². The van der Waals surface area contributed by atoms with Gasteiger partial charge in [-0.15, -0.1) is 0 Å². The molecule has 0 bridgehead atoms. The Labute approximate surface area is 146 Å². The molecular weight excluding hydrogens is 326 g/mol. The van der Waals surface area contributed by atoms with Gasteiger partial charge >= 0.3 is 12.1 Å². The molecule has 7 heteroatoms. The molecule has 136 valence electrons. The van der Waals surface area contributed by atoms with Crippen molar-refractivity contribution in [2.45, 2.75) is 38.4 Å². The molecule has 1 aliphatic heterocycles. The minimum absolute atomic E-state index is 0.124. The largest absolute Gasteiger partial charge is 0.454 e. The highest BCUT2D eigenvalue weighted by Gasteiger charge is 2.38. The molecule has 25 heavy (non-hydrogen) atoms. The fourth-order valence-corrected chi connectivity index (χ4v) is 2.27. The number of carbonyl (C=O) groups is 2. The summed E-state index contributed by atoms with van der Waals surface area (Å²) in [5, 5.41) is 2.35. The van der Waals surface area contributed by atoms with E-state index >= 15 is 0 Å². The Hall–Kier alpha value is -2.38. The average molecular weight is 349 g/mol. The monoisotopic (exact) mass is 349 g/mol. The molecule has 1 saturated heterocycles. The third-order valence-corrected chi connectivity index (χ3v) is 3.49. The van der Waals surface area contributed by atoms with Crippen molar-refractivity contribution in [2.24, 2.45) is 0 Å². The van der Waals surface area contributed by atoms with Crippen molar-refractivity contribution < 1.29 is 28.5 Å². The Morgan fingerprint density at radius 2 is 2.12 bits per heavy atom. The summed E-state index contributed by atoms with van der Waals surface area (Å²) >= 11 is 0. The number of ether oxygens (including phenoxy) is 4. The van der Waals surface area contributed by atoms with Crippen LogP contribution in [0.4, 0.5) is 4.79 Å². The molecule has 0 saturated carbocycles. The van der Waals surface area contributed by atoms with E-state index in [1.165, 1.54) is 6.08 Å². The molecular formula is C18H23NO6. The second-order valence-electron chi connectivity index (χ2n) is 5.97. The van der Waals surface area contributed by atoms with E-state index in [1.807, 2.05) is 30.3 Å². The van der Waals surface area contributed by atoms with Gasteiger partial charge in [-0.05, 0) is 25.5 Å². The SMILES string of the molecule is C=C[C@H](OC(=O)CNC(=O)OCc1ccccc1)[C@H]1COC(C)(C)O1. The Bertz CT molecular complexity index is 601. The summed E-state index contributed by atoms with van der Waals surface area (Å²) in [6.07, 6.45) is -0.309. The first-order valence-electron chi connectivity index (χ1n) is 7.98. The summed E-state index contributed by atoms with van der Waals surface area (Å²) in [5.41, 5.74) is 0.855. The number of hydrogen-bond acceptors (Lipinski definition) is 6. The maximum atomic E-state index is 11.9. The van der Waals surface area contributed by atoms with E-state index in [-0.39, 0.29) is 13.2 Å². The van der Waals surface area contributed by atoms with E-state index in [9.17, 15) is 9.59 Å². The predicted molar refractivity (Wildman–Crippen MR) is 89.6 cm³/mol. The normalized spacial score (nSPS) is 19.7. The number of benzene rings is 1. The van der Waals surface area contributed by atoms with Gasteiger partial charge in [0.2, 0.25) is 0 Å². The number of amides is 1. The second kappa shape index (κ2) is 8.64. The van der Waals surface area contributed by atoms with Crippen LogP contribution in [0.2, 0.25) is 0 Å². The third kappa shape index (κ3) is 6.21. The molecule has 0 unspecified atom stereocenters. The Balaban J connectivity index is 1.70. The molecule has 1 aromatic rings. The van der Waals surface area contributed by atoms with Gasteiger partial charge in [-0.2, -0.15) is 0 Å². The molecule has 2 rings (SSSR count). The van der Waals surface area contributed by atoms with Gasteiger partial charge in [0, 0.05) is 0 Å². The first-order valence-corrected chi connectivity index (χ1v) is 7.98. The average Bonchev–Trinajstić information content (AvgIpc) is 2.96. The maximum Gasteiger partial charge on any atom is 0.407 e. The number of hydrogen-bond donors (Lipinski definition) is 1. The molecule has 0 aliphatic carbocycles. The predicted octanol–water partition coefficient (Wildman–Crippen LogP) is 2.16. The quantitative estimate of drug-likeness (QED) is 0.600. The van der Waals surface area contributed by atoms with Crippen LogP contribution in [0.25, 0.3) is 0 Å². The van der Waals surface area contributed by atoms with Crippen LogP contribution in [-0.2, 0) is 30.3 Å². The fourth-order valence-electron chi connectivity index (χ4n) is 2.27. The molecule has 0 aromatic heterocycles. The third-order valence-electron chi connectivity index (χ3n) is 3.49. The first-order chi connectivity index (χ1) is 11.9. The molecule has 2 atom stereocenters. The van der Waals surface area contributed by atoms with Crippen molar-refractivity contribution in [3.8, 4) is 0 Å². The van der Waals surface area contributed by atoms with Gasteiger partial charge in [0.1, 0.15) is 25.4 Å². The zero-order valence-electron chi connectivity index (χ0n) is 14.4. The molecule has 1 fully saturated rings. The van der Waals surface area contributed by atoms with Crippen LogP contribution in [-0.4, -0.2) is 43.2 Å². The van der Waals surface area contributed by atoms with Crippen molar-refractivity contribution in [2.75, 3.05) is 13.2 Å². The lowest BCUT2D eigenvalue weighted by atomic mass is 10.2. The summed E-state index contributed by atoms with van der Waals surface area (Å²) in [4.78, 5) is 23.5. The van der Waals surface area contributed by atoms with Gasteiger partial charge in [-0.25, -0.2) is 4.79 Å². The first kappa shape index (κ1) is 19.0. The molecule has 1 amide bonds. The molecule has 0 radical (unpaired) electrons. The standard InChI is InChI=1S/C18H23NO6/c1-4-14(15-12-23-18(2,3)25-15)24-16(20)10-19-17(21)22-11-13-8-6-5-7-9-13/h4-9,14-15H,1,10-12H2,2-3H3,(H,19,21)/t14-,15+/m0/s1. The van der Waals surface area contributed by atoms with E-state index in [2.05, 4.69) is 11.9 Å². The van der Waals surface area contributed by atoms with Gasteiger partial charge in [-0.1, -0.05) is 36.9 Å². The van der Waals surface area contributed by atoms with Gasteiger partial charge < -0.3 is 24.3 Å². The zero-order valence-corrected chi connectivity index (χ0v) is 14.4. The molecule has 1 aromatic carbocycles. The summed E-state index contributed by atoms with van der Waals surface area (Å²) < 4.78 is 21.3. The van der Waals surface area contributed by atoms with Gasteiger partial charge in [0.25, 0.3) is 0 Å². The van der Waals surface area contributed by atoms with E-state index < -0.39 is 30.1 Å². The number of carbonyl (C=O) groups excluding carboxylic acids is 2. The maximum absolute atomic E-state index is 11.9. The highest BCUT2D eigenvalue weighted by atomic mass is 16.8. The van der Waals surface area contributed by atoms with Crippen LogP contribution in [0.1, 0.15) is 19.4 Å². The highest BCUT2D eigenvalue weighted by molar-refractivity contribution is 5.78. The summed E-state index contributed by atoms with van der Waals surface area (Å²) in [6.45, 7) is 7.30. The lowest BCUT2D eigenvalue weighted by molar-refractivity contribution is -0.164.